The Hall–Kier alpha value is -4.70. The number of benzene rings is 2. The molecule has 0 radical (unpaired) electrons. The van der Waals surface area contributed by atoms with Gasteiger partial charge in [0.25, 0.3) is 17.3 Å². The average Bonchev–Trinajstić information content (AvgIpc) is 3.61. The molecule has 0 aliphatic rings. The van der Waals surface area contributed by atoms with E-state index >= 15 is 0 Å². The zero-order valence-corrected chi connectivity index (χ0v) is 24.3. The van der Waals surface area contributed by atoms with Crippen LogP contribution < -0.4 is 10.6 Å². The Morgan fingerprint density at radius 1 is 1.05 bits per heavy atom. The molecule has 2 aromatic heterocycles. The lowest BCUT2D eigenvalue weighted by atomic mass is 10.0. The number of carbonyl (C=O) groups is 2. The van der Waals surface area contributed by atoms with Gasteiger partial charge in [0.15, 0.2) is 16.1 Å². The van der Waals surface area contributed by atoms with Crippen LogP contribution >= 0.6 is 23.1 Å². The maximum Gasteiger partial charge on any atom is 0.270 e. The number of hydrogen-bond donors (Lipinski definition) is 2. The van der Waals surface area contributed by atoms with E-state index in [9.17, 15) is 29.8 Å². The Balaban J connectivity index is 1.42. The van der Waals surface area contributed by atoms with Crippen molar-refractivity contribution in [2.75, 3.05) is 11.1 Å². The molecule has 0 saturated carbocycles. The molecular weight excluding hydrogens is 584 g/mol. The van der Waals surface area contributed by atoms with Gasteiger partial charge in [-0.15, -0.1) is 21.5 Å². The number of nitro benzene ring substituents is 2. The predicted octanol–water partition coefficient (Wildman–Crippen LogP) is 5.10. The summed E-state index contributed by atoms with van der Waals surface area (Å²) in [5, 5.41) is 38.9. The molecule has 4 rings (SSSR count). The SMILES string of the molecule is CCn1c(SCC(=O)Nc2nc(-c3cccc([N+](=O)[O-])c3)cs2)nnc1[C@@H](NC(=O)c1cccc([N+](=O)[O-])c1)C(C)C. The van der Waals surface area contributed by atoms with Crippen LogP contribution in [0.1, 0.15) is 43.0 Å². The Labute approximate surface area is 247 Å². The first-order valence-electron chi connectivity index (χ1n) is 12.7. The van der Waals surface area contributed by atoms with Crippen molar-refractivity contribution in [2.45, 2.75) is 38.5 Å². The molecule has 2 aromatic carbocycles. The lowest BCUT2D eigenvalue weighted by Gasteiger charge is -2.22. The van der Waals surface area contributed by atoms with Gasteiger partial charge in [-0.05, 0) is 18.9 Å². The normalized spacial score (nSPS) is 11.7. The van der Waals surface area contributed by atoms with Crippen molar-refractivity contribution >= 4 is 51.4 Å². The van der Waals surface area contributed by atoms with E-state index in [2.05, 4.69) is 25.8 Å². The summed E-state index contributed by atoms with van der Waals surface area (Å²) in [6.45, 7) is 6.18. The Kier molecular flexibility index (Phi) is 9.59. The van der Waals surface area contributed by atoms with E-state index in [1.54, 1.807) is 22.1 Å². The summed E-state index contributed by atoms with van der Waals surface area (Å²) in [7, 11) is 0. The molecule has 2 amide bonds. The van der Waals surface area contributed by atoms with Gasteiger partial charge in [-0.2, -0.15) is 0 Å². The topological polar surface area (TPSA) is 188 Å². The highest BCUT2D eigenvalue weighted by molar-refractivity contribution is 7.99. The minimum Gasteiger partial charge on any atom is -0.342 e. The van der Waals surface area contributed by atoms with Gasteiger partial charge in [-0.3, -0.25) is 29.8 Å². The van der Waals surface area contributed by atoms with Gasteiger partial charge in [0, 0.05) is 47.3 Å². The molecule has 2 N–H and O–H groups in total. The first kappa shape index (κ1) is 30.3. The van der Waals surface area contributed by atoms with Crippen LogP contribution in [-0.4, -0.2) is 47.2 Å². The first-order chi connectivity index (χ1) is 20.1. The summed E-state index contributed by atoms with van der Waals surface area (Å²) in [6.07, 6.45) is 0. The standard InChI is InChI=1S/C26H26N8O6S2/c1-4-32-23(22(15(2)3)29-24(36)17-8-6-10-19(12-17)34(39)40)30-31-26(32)42-14-21(35)28-25-27-20(13-41-25)16-7-5-9-18(11-16)33(37)38/h5-13,15,22H,4,14H2,1-3H3,(H,29,36)(H,27,28,35)/t22-/m0/s1. The summed E-state index contributed by atoms with van der Waals surface area (Å²) in [6, 6.07) is 11.0. The summed E-state index contributed by atoms with van der Waals surface area (Å²) in [4.78, 5) is 51.1. The van der Waals surface area contributed by atoms with Crippen LogP contribution in [0.25, 0.3) is 11.3 Å². The summed E-state index contributed by atoms with van der Waals surface area (Å²) in [5.41, 5.74) is 0.991. The lowest BCUT2D eigenvalue weighted by Crippen LogP contribution is -2.33. The molecule has 4 aromatic rings. The van der Waals surface area contributed by atoms with Crippen LogP contribution in [0.4, 0.5) is 16.5 Å². The Morgan fingerprint density at radius 2 is 1.74 bits per heavy atom. The lowest BCUT2D eigenvalue weighted by molar-refractivity contribution is -0.385. The number of anilines is 1. The molecule has 2 heterocycles. The molecule has 14 nitrogen and oxygen atoms in total. The summed E-state index contributed by atoms with van der Waals surface area (Å²) in [5.74, 6) is -0.392. The van der Waals surface area contributed by atoms with Crippen molar-refractivity contribution < 1.29 is 19.4 Å². The zero-order valence-electron chi connectivity index (χ0n) is 22.7. The van der Waals surface area contributed by atoms with Crippen molar-refractivity contribution in [2.24, 2.45) is 5.92 Å². The number of nitrogens with zero attached hydrogens (tertiary/aromatic N) is 6. The number of non-ortho nitro benzene ring substituents is 2. The van der Waals surface area contributed by atoms with Crippen molar-refractivity contribution in [3.05, 3.63) is 85.5 Å². The number of carbonyl (C=O) groups excluding carboxylic acids is 2. The smallest absolute Gasteiger partial charge is 0.270 e. The molecule has 0 saturated heterocycles. The number of thioether (sulfide) groups is 1. The van der Waals surface area contributed by atoms with Crippen LogP contribution in [-0.2, 0) is 11.3 Å². The monoisotopic (exact) mass is 610 g/mol. The highest BCUT2D eigenvalue weighted by atomic mass is 32.2. The van der Waals surface area contributed by atoms with E-state index in [1.165, 1.54) is 59.5 Å². The fourth-order valence-electron chi connectivity index (χ4n) is 3.98. The fraction of sp³-hybridized carbons (Fsp3) is 0.269. The summed E-state index contributed by atoms with van der Waals surface area (Å²) >= 11 is 2.37. The number of nitro groups is 2. The van der Waals surface area contributed by atoms with Gasteiger partial charge in [0.2, 0.25) is 5.91 Å². The highest BCUT2D eigenvalue weighted by Crippen LogP contribution is 2.29. The Bertz CT molecular complexity index is 1640. The number of thiazole rings is 1. The van der Waals surface area contributed by atoms with E-state index in [4.69, 9.17) is 0 Å². The molecule has 0 spiro atoms. The molecule has 0 aliphatic carbocycles. The van der Waals surface area contributed by atoms with Crippen LogP contribution in [0.3, 0.4) is 0 Å². The first-order valence-corrected chi connectivity index (χ1v) is 14.5. The third-order valence-corrected chi connectivity index (χ3v) is 7.77. The molecule has 42 heavy (non-hydrogen) atoms. The molecule has 0 aliphatic heterocycles. The minimum absolute atomic E-state index is 0.0102. The van der Waals surface area contributed by atoms with E-state index in [0.717, 1.165) is 0 Å². The van der Waals surface area contributed by atoms with Gasteiger partial charge in [0.1, 0.15) is 0 Å². The quantitative estimate of drug-likeness (QED) is 0.124. The molecule has 0 unspecified atom stereocenters. The van der Waals surface area contributed by atoms with E-state index in [-0.39, 0.29) is 34.5 Å². The second-order valence-electron chi connectivity index (χ2n) is 9.27. The predicted molar refractivity (Wildman–Crippen MR) is 157 cm³/mol. The third-order valence-electron chi connectivity index (χ3n) is 6.05. The van der Waals surface area contributed by atoms with E-state index < -0.39 is 21.8 Å². The number of rotatable bonds is 12. The van der Waals surface area contributed by atoms with Gasteiger partial charge in [0.05, 0.1) is 27.3 Å². The maximum absolute atomic E-state index is 13.0. The number of hydrogen-bond acceptors (Lipinski definition) is 11. The van der Waals surface area contributed by atoms with Crippen molar-refractivity contribution in [1.82, 2.24) is 25.1 Å². The maximum atomic E-state index is 13.0. The molecule has 218 valence electrons. The number of aromatic nitrogens is 4. The van der Waals surface area contributed by atoms with Crippen LogP contribution in [0.2, 0.25) is 0 Å². The molecular formula is C26H26N8O6S2. The van der Waals surface area contributed by atoms with E-state index in [0.29, 0.717) is 33.9 Å². The third kappa shape index (κ3) is 7.13. The zero-order chi connectivity index (χ0) is 30.4. The Morgan fingerprint density at radius 3 is 2.40 bits per heavy atom. The van der Waals surface area contributed by atoms with Gasteiger partial charge in [-0.1, -0.05) is 43.8 Å². The van der Waals surface area contributed by atoms with Crippen molar-refractivity contribution in [1.29, 1.82) is 0 Å². The van der Waals surface area contributed by atoms with Gasteiger partial charge < -0.3 is 15.2 Å². The second-order valence-corrected chi connectivity index (χ2v) is 11.1. The minimum atomic E-state index is -0.561. The fourth-order valence-corrected chi connectivity index (χ4v) is 5.52. The second kappa shape index (κ2) is 13.3. The molecule has 0 fully saturated rings. The van der Waals surface area contributed by atoms with Crippen molar-refractivity contribution in [3.8, 4) is 11.3 Å². The van der Waals surface area contributed by atoms with Crippen LogP contribution in [0.5, 0.6) is 0 Å². The molecule has 16 heteroatoms. The number of amides is 2. The molecule has 1 atom stereocenters. The van der Waals surface area contributed by atoms with Crippen LogP contribution in [0.15, 0.2) is 59.1 Å². The van der Waals surface area contributed by atoms with Gasteiger partial charge in [-0.25, -0.2) is 4.98 Å². The van der Waals surface area contributed by atoms with Crippen LogP contribution in [0, 0.1) is 26.1 Å². The van der Waals surface area contributed by atoms with E-state index in [1.807, 2.05) is 20.8 Å². The largest absolute Gasteiger partial charge is 0.342 e. The number of nitrogens with one attached hydrogen (secondary N) is 2. The van der Waals surface area contributed by atoms with Crippen molar-refractivity contribution in [3.63, 3.8) is 0 Å². The summed E-state index contributed by atoms with van der Waals surface area (Å²) < 4.78 is 1.81. The highest BCUT2D eigenvalue weighted by Gasteiger charge is 2.27. The molecule has 0 bridgehead atoms. The average molecular weight is 611 g/mol. The van der Waals surface area contributed by atoms with Gasteiger partial charge >= 0.3 is 0 Å².